The third-order valence-corrected chi connectivity index (χ3v) is 2.27. The van der Waals surface area contributed by atoms with E-state index in [9.17, 15) is 4.79 Å². The first kappa shape index (κ1) is 8.29. The number of aromatic nitrogens is 2. The second-order valence-corrected chi connectivity index (χ2v) is 3.19. The zero-order valence-electron chi connectivity index (χ0n) is 7.44. The number of amides is 1. The molecular weight excluding hydrogens is 166 g/mol. The molecule has 1 amide bonds. The molecule has 0 saturated carbocycles. The van der Waals surface area contributed by atoms with Crippen molar-refractivity contribution in [3.05, 3.63) is 18.5 Å². The Kier molecular flexibility index (Phi) is 2.29. The van der Waals surface area contributed by atoms with E-state index in [1.54, 1.807) is 17.1 Å². The number of likely N-dealkylation sites (tertiary alicyclic amines) is 1. The Balaban J connectivity index is 1.82. The van der Waals surface area contributed by atoms with Crippen LogP contribution in [0.1, 0.15) is 12.8 Å². The molecule has 0 N–H and O–H groups in total. The predicted octanol–water partition coefficient (Wildman–Crippen LogP) is 0.306. The minimum absolute atomic E-state index is 0.274. The van der Waals surface area contributed by atoms with E-state index in [0.29, 0.717) is 6.42 Å². The molecule has 1 aromatic rings. The number of hydrogen-bond acceptors (Lipinski definition) is 2. The fourth-order valence-corrected chi connectivity index (χ4v) is 1.55. The highest BCUT2D eigenvalue weighted by Crippen LogP contribution is 2.08. The molecule has 0 bridgehead atoms. The van der Waals surface area contributed by atoms with E-state index in [-0.39, 0.29) is 5.91 Å². The van der Waals surface area contributed by atoms with Crippen LogP contribution in [0.15, 0.2) is 12.4 Å². The molecule has 1 aliphatic rings. The summed E-state index contributed by atoms with van der Waals surface area (Å²) in [5, 5.41) is 4.03. The fourth-order valence-electron chi connectivity index (χ4n) is 1.55. The summed E-state index contributed by atoms with van der Waals surface area (Å²) in [4.78, 5) is 13.1. The van der Waals surface area contributed by atoms with Crippen LogP contribution in [0.3, 0.4) is 0 Å². The molecule has 2 heterocycles. The van der Waals surface area contributed by atoms with Crippen molar-refractivity contribution in [2.75, 3.05) is 13.1 Å². The van der Waals surface area contributed by atoms with Crippen molar-refractivity contribution >= 4 is 5.91 Å². The molecule has 4 heteroatoms. The number of nitrogens with zero attached hydrogens (tertiary/aromatic N) is 3. The minimum atomic E-state index is 0.274. The van der Waals surface area contributed by atoms with Gasteiger partial charge in [-0.2, -0.15) is 5.10 Å². The quantitative estimate of drug-likeness (QED) is 0.668. The maximum absolute atomic E-state index is 11.2. The topological polar surface area (TPSA) is 38.1 Å². The van der Waals surface area contributed by atoms with Crippen LogP contribution in [-0.4, -0.2) is 33.7 Å². The first-order valence-corrected chi connectivity index (χ1v) is 4.52. The van der Waals surface area contributed by atoms with Crippen molar-refractivity contribution in [1.29, 1.82) is 0 Å². The Morgan fingerprint density at radius 3 is 3.08 bits per heavy atom. The van der Waals surface area contributed by atoms with Gasteiger partial charge in [0.1, 0.15) is 0 Å². The molecule has 2 rings (SSSR count). The summed E-state index contributed by atoms with van der Waals surface area (Å²) in [6.07, 6.45) is 5.14. The van der Waals surface area contributed by atoms with Gasteiger partial charge in [-0.1, -0.05) is 0 Å². The lowest BCUT2D eigenvalue weighted by Gasteiger charge is -2.14. The molecular formula is C9H12N3O. The Morgan fingerprint density at radius 1 is 1.54 bits per heavy atom. The monoisotopic (exact) mass is 178 g/mol. The van der Waals surface area contributed by atoms with Crippen LogP contribution in [0.4, 0.5) is 0 Å². The van der Waals surface area contributed by atoms with Crippen molar-refractivity contribution in [1.82, 2.24) is 14.7 Å². The summed E-state index contributed by atoms with van der Waals surface area (Å²) in [5.74, 6) is 0.274. The minimum Gasteiger partial charge on any atom is -0.341 e. The number of hydrogen-bond donors (Lipinski definition) is 0. The van der Waals surface area contributed by atoms with Gasteiger partial charge in [0, 0.05) is 31.8 Å². The van der Waals surface area contributed by atoms with Crippen LogP contribution in [0.2, 0.25) is 0 Å². The molecule has 1 saturated heterocycles. The molecule has 4 nitrogen and oxygen atoms in total. The third kappa shape index (κ3) is 1.88. The summed E-state index contributed by atoms with van der Waals surface area (Å²) < 4.78 is 1.80. The molecule has 69 valence electrons. The van der Waals surface area contributed by atoms with E-state index in [0.717, 1.165) is 26.1 Å². The van der Waals surface area contributed by atoms with Crippen molar-refractivity contribution in [3.63, 3.8) is 0 Å². The van der Waals surface area contributed by atoms with Crippen LogP contribution < -0.4 is 0 Å². The van der Waals surface area contributed by atoms with Crippen molar-refractivity contribution in [2.45, 2.75) is 19.4 Å². The molecule has 13 heavy (non-hydrogen) atoms. The highest BCUT2D eigenvalue weighted by atomic mass is 16.2. The zero-order chi connectivity index (χ0) is 9.10. The third-order valence-electron chi connectivity index (χ3n) is 2.27. The Bertz CT molecular complexity index is 281. The molecule has 1 fully saturated rings. The molecule has 1 aliphatic heterocycles. The van der Waals surface area contributed by atoms with E-state index in [2.05, 4.69) is 11.2 Å². The van der Waals surface area contributed by atoms with Gasteiger partial charge < -0.3 is 4.90 Å². The van der Waals surface area contributed by atoms with Crippen molar-refractivity contribution in [2.24, 2.45) is 0 Å². The van der Waals surface area contributed by atoms with Crippen LogP contribution in [-0.2, 0) is 11.3 Å². The molecule has 0 aliphatic carbocycles. The van der Waals surface area contributed by atoms with Crippen LogP contribution >= 0.6 is 0 Å². The lowest BCUT2D eigenvalue weighted by atomic mass is 10.4. The number of carbonyl (C=O) groups is 1. The molecule has 0 atom stereocenters. The molecule has 1 aromatic heterocycles. The first-order valence-electron chi connectivity index (χ1n) is 4.52. The lowest BCUT2D eigenvalue weighted by molar-refractivity contribution is -0.127. The second kappa shape index (κ2) is 3.60. The average molecular weight is 178 g/mol. The van der Waals surface area contributed by atoms with E-state index >= 15 is 0 Å². The predicted molar refractivity (Wildman–Crippen MR) is 46.9 cm³/mol. The van der Waals surface area contributed by atoms with Gasteiger partial charge in [0.15, 0.2) is 0 Å². The van der Waals surface area contributed by atoms with Gasteiger partial charge in [0.25, 0.3) is 0 Å². The Morgan fingerprint density at radius 2 is 2.46 bits per heavy atom. The van der Waals surface area contributed by atoms with Gasteiger partial charge in [0.2, 0.25) is 5.91 Å². The van der Waals surface area contributed by atoms with Gasteiger partial charge in [-0.25, -0.2) is 0 Å². The number of rotatable bonds is 3. The highest BCUT2D eigenvalue weighted by Gasteiger charge is 2.19. The first-order chi connectivity index (χ1) is 6.36. The van der Waals surface area contributed by atoms with E-state index in [1.165, 1.54) is 0 Å². The largest absolute Gasteiger partial charge is 0.341 e. The molecule has 1 radical (unpaired) electrons. The second-order valence-electron chi connectivity index (χ2n) is 3.19. The molecule has 0 aromatic carbocycles. The van der Waals surface area contributed by atoms with Crippen LogP contribution in [0.5, 0.6) is 0 Å². The Labute approximate surface area is 77.1 Å². The van der Waals surface area contributed by atoms with Gasteiger partial charge in [0.05, 0.1) is 12.7 Å². The summed E-state index contributed by atoms with van der Waals surface area (Å²) >= 11 is 0. The molecule has 0 unspecified atom stereocenters. The van der Waals surface area contributed by atoms with Gasteiger partial charge in [-0.3, -0.25) is 9.48 Å². The maximum atomic E-state index is 11.2. The summed E-state index contributed by atoms with van der Waals surface area (Å²) in [6.45, 7) is 2.45. The fraction of sp³-hybridized carbons (Fsp3) is 0.556. The van der Waals surface area contributed by atoms with Crippen molar-refractivity contribution in [3.8, 4) is 0 Å². The standard InChI is InChI=1S/C9H12N3O/c13-9-3-1-5-11(9)7-8-12-6-2-4-10-12/h4,6H,1,3,5,7-8H2. The van der Waals surface area contributed by atoms with Gasteiger partial charge in [-0.05, 0) is 6.42 Å². The summed E-state index contributed by atoms with van der Waals surface area (Å²) in [5.41, 5.74) is 0. The number of carbonyl (C=O) groups excluding carboxylic acids is 1. The van der Waals surface area contributed by atoms with Gasteiger partial charge >= 0.3 is 0 Å². The smallest absolute Gasteiger partial charge is 0.222 e. The maximum Gasteiger partial charge on any atom is 0.222 e. The zero-order valence-corrected chi connectivity index (χ0v) is 7.44. The van der Waals surface area contributed by atoms with E-state index in [1.807, 2.05) is 4.90 Å². The van der Waals surface area contributed by atoms with Crippen molar-refractivity contribution < 1.29 is 4.79 Å². The van der Waals surface area contributed by atoms with Crippen LogP contribution in [0, 0.1) is 6.07 Å². The lowest BCUT2D eigenvalue weighted by Crippen LogP contribution is -2.28. The normalized spacial score (nSPS) is 16.9. The highest BCUT2D eigenvalue weighted by molar-refractivity contribution is 5.77. The molecule has 0 spiro atoms. The summed E-state index contributed by atoms with van der Waals surface area (Å²) in [7, 11) is 0. The average Bonchev–Trinajstić information content (AvgIpc) is 2.72. The summed E-state index contributed by atoms with van der Waals surface area (Å²) in [6, 6.07) is 2.86. The van der Waals surface area contributed by atoms with E-state index < -0.39 is 0 Å². The van der Waals surface area contributed by atoms with Gasteiger partial charge in [-0.15, -0.1) is 0 Å². The van der Waals surface area contributed by atoms with E-state index in [4.69, 9.17) is 0 Å². The SMILES string of the molecule is O=C1CCCN1CCn1c[c]cn1. The Hall–Kier alpha value is -1.32. The van der Waals surface area contributed by atoms with Crippen LogP contribution in [0.25, 0.3) is 0 Å².